The topological polar surface area (TPSA) is 44.3 Å². The first-order chi connectivity index (χ1) is 10.6. The summed E-state index contributed by atoms with van der Waals surface area (Å²) in [6.45, 7) is 6.03. The van der Waals surface area contributed by atoms with E-state index in [1.165, 1.54) is 11.1 Å². The van der Waals surface area contributed by atoms with Gasteiger partial charge in [0.25, 0.3) is 0 Å². The molecule has 2 aromatic carbocycles. The number of aliphatic hydroxyl groups is 1. The van der Waals surface area contributed by atoms with Crippen LogP contribution in [0.2, 0.25) is 0 Å². The van der Waals surface area contributed by atoms with Crippen molar-refractivity contribution in [2.24, 2.45) is 0 Å². The largest absolute Gasteiger partial charge is 0.390 e. The Bertz CT molecular complexity index is 494. The summed E-state index contributed by atoms with van der Waals surface area (Å²) < 4.78 is 0. The van der Waals surface area contributed by atoms with Crippen molar-refractivity contribution in [3.8, 4) is 0 Å². The lowest BCUT2D eigenvalue weighted by atomic mass is 10.1. The molecule has 3 N–H and O–H groups in total. The van der Waals surface area contributed by atoms with Gasteiger partial charge in [0.05, 0.1) is 12.3 Å². The Kier molecular flexibility index (Phi) is 6.13. The van der Waals surface area contributed by atoms with Crippen LogP contribution in [0.1, 0.15) is 44.0 Å². The summed E-state index contributed by atoms with van der Waals surface area (Å²) in [5, 5.41) is 17.0. The third kappa shape index (κ3) is 4.67. The summed E-state index contributed by atoms with van der Waals surface area (Å²) >= 11 is 0. The van der Waals surface area contributed by atoms with Crippen molar-refractivity contribution in [2.45, 2.75) is 45.1 Å². The van der Waals surface area contributed by atoms with Crippen LogP contribution in [0.15, 0.2) is 60.7 Å². The van der Waals surface area contributed by atoms with Crippen LogP contribution in [0.4, 0.5) is 0 Å². The fourth-order valence-corrected chi connectivity index (χ4v) is 2.54. The van der Waals surface area contributed by atoms with Crippen molar-refractivity contribution in [1.29, 1.82) is 0 Å². The Hall–Kier alpha value is -1.68. The zero-order chi connectivity index (χ0) is 15.9. The molecule has 0 saturated carbocycles. The predicted octanol–water partition coefficient (Wildman–Crippen LogP) is 3.39. The van der Waals surface area contributed by atoms with Crippen molar-refractivity contribution in [2.75, 3.05) is 0 Å². The Balaban J connectivity index is 2.01. The predicted molar refractivity (Wildman–Crippen MR) is 91.5 cm³/mol. The molecule has 3 heteroatoms. The molecular weight excluding hydrogens is 272 g/mol. The zero-order valence-electron chi connectivity index (χ0n) is 13.5. The van der Waals surface area contributed by atoms with Gasteiger partial charge >= 0.3 is 0 Å². The van der Waals surface area contributed by atoms with Gasteiger partial charge in [0.1, 0.15) is 0 Å². The molecule has 0 radical (unpaired) electrons. The molecule has 2 aromatic rings. The fraction of sp³-hybridized carbons (Fsp3) is 0.368. The van der Waals surface area contributed by atoms with Crippen LogP contribution >= 0.6 is 0 Å². The maximum absolute atomic E-state index is 10.1. The molecular formula is C19H26N2O. The molecule has 0 aliphatic rings. The van der Waals surface area contributed by atoms with Crippen LogP contribution in [-0.2, 0) is 0 Å². The van der Waals surface area contributed by atoms with Crippen LogP contribution in [0.25, 0.3) is 0 Å². The Labute approximate surface area is 133 Å². The molecule has 0 aliphatic carbocycles. The van der Waals surface area contributed by atoms with Crippen LogP contribution in [-0.4, -0.2) is 17.4 Å². The maximum Gasteiger partial charge on any atom is 0.0846 e. The third-order valence-electron chi connectivity index (χ3n) is 3.94. The van der Waals surface area contributed by atoms with E-state index in [2.05, 4.69) is 48.7 Å². The van der Waals surface area contributed by atoms with E-state index in [0.717, 1.165) is 0 Å². The van der Waals surface area contributed by atoms with Gasteiger partial charge in [-0.3, -0.25) is 10.6 Å². The van der Waals surface area contributed by atoms with E-state index in [9.17, 15) is 5.11 Å². The minimum absolute atomic E-state index is 0.163. The molecule has 0 amide bonds. The van der Waals surface area contributed by atoms with Crippen LogP contribution in [0, 0.1) is 0 Å². The van der Waals surface area contributed by atoms with E-state index in [1.54, 1.807) is 6.92 Å². The SMILES string of the molecule is CC(O)C(N[C@@H](C)c1ccccc1)N[C@@H](C)c1ccccc1. The highest BCUT2D eigenvalue weighted by Gasteiger charge is 2.20. The summed E-state index contributed by atoms with van der Waals surface area (Å²) in [4.78, 5) is 0. The van der Waals surface area contributed by atoms with E-state index in [1.807, 2.05) is 36.4 Å². The van der Waals surface area contributed by atoms with E-state index in [0.29, 0.717) is 0 Å². The molecule has 0 aromatic heterocycles. The van der Waals surface area contributed by atoms with Gasteiger partial charge in [0.2, 0.25) is 0 Å². The number of nitrogens with one attached hydrogen (secondary N) is 2. The summed E-state index contributed by atoms with van der Waals surface area (Å²) in [7, 11) is 0. The van der Waals surface area contributed by atoms with Gasteiger partial charge in [0, 0.05) is 12.1 Å². The van der Waals surface area contributed by atoms with E-state index < -0.39 is 6.10 Å². The minimum atomic E-state index is -0.489. The highest BCUT2D eigenvalue weighted by atomic mass is 16.3. The second kappa shape index (κ2) is 8.08. The number of hydrogen-bond donors (Lipinski definition) is 3. The highest BCUT2D eigenvalue weighted by Crippen LogP contribution is 2.16. The molecule has 22 heavy (non-hydrogen) atoms. The zero-order valence-corrected chi connectivity index (χ0v) is 13.5. The summed E-state index contributed by atoms with van der Waals surface area (Å²) in [6.07, 6.45) is -0.664. The third-order valence-corrected chi connectivity index (χ3v) is 3.94. The Morgan fingerprint density at radius 3 is 1.36 bits per heavy atom. The lowest BCUT2D eigenvalue weighted by molar-refractivity contribution is 0.114. The minimum Gasteiger partial charge on any atom is -0.390 e. The van der Waals surface area contributed by atoms with Crippen LogP contribution in [0.3, 0.4) is 0 Å². The van der Waals surface area contributed by atoms with Gasteiger partial charge < -0.3 is 5.11 Å². The van der Waals surface area contributed by atoms with Crippen LogP contribution in [0.5, 0.6) is 0 Å². The summed E-state index contributed by atoms with van der Waals surface area (Å²) in [6, 6.07) is 20.9. The number of hydrogen-bond acceptors (Lipinski definition) is 3. The molecule has 0 spiro atoms. The van der Waals surface area contributed by atoms with Gasteiger partial charge in [-0.25, -0.2) is 0 Å². The van der Waals surface area contributed by atoms with Gasteiger partial charge in [-0.05, 0) is 31.9 Å². The fourth-order valence-electron chi connectivity index (χ4n) is 2.54. The monoisotopic (exact) mass is 298 g/mol. The maximum atomic E-state index is 10.1. The normalized spacial score (nSPS) is 15.5. The standard InChI is InChI=1S/C19H26N2O/c1-14(17-10-6-4-7-11-17)20-19(16(3)22)21-15(2)18-12-8-5-9-13-18/h4-16,19-22H,1-3H3/t14-,15-,16?/m0/s1. The van der Waals surface area contributed by atoms with Gasteiger partial charge in [-0.1, -0.05) is 60.7 Å². The van der Waals surface area contributed by atoms with Crippen LogP contribution < -0.4 is 10.6 Å². The molecule has 118 valence electrons. The number of rotatable bonds is 7. The van der Waals surface area contributed by atoms with Crippen molar-refractivity contribution < 1.29 is 5.11 Å². The Morgan fingerprint density at radius 2 is 1.05 bits per heavy atom. The molecule has 0 aliphatic heterocycles. The molecule has 1 unspecified atom stereocenters. The molecule has 0 saturated heterocycles. The first-order valence-corrected chi connectivity index (χ1v) is 7.88. The quantitative estimate of drug-likeness (QED) is 0.687. The van der Waals surface area contributed by atoms with E-state index in [4.69, 9.17) is 0 Å². The lowest BCUT2D eigenvalue weighted by Gasteiger charge is -2.30. The van der Waals surface area contributed by atoms with Gasteiger partial charge in [-0.15, -0.1) is 0 Å². The first kappa shape index (κ1) is 16.7. The van der Waals surface area contributed by atoms with E-state index >= 15 is 0 Å². The average molecular weight is 298 g/mol. The second-order valence-corrected chi connectivity index (χ2v) is 5.82. The summed E-state index contributed by atoms with van der Waals surface area (Å²) in [5.74, 6) is 0. The molecule has 0 heterocycles. The smallest absolute Gasteiger partial charge is 0.0846 e. The van der Waals surface area contributed by atoms with Gasteiger partial charge in [0.15, 0.2) is 0 Å². The number of aliphatic hydroxyl groups excluding tert-OH is 1. The Morgan fingerprint density at radius 1 is 0.682 bits per heavy atom. The van der Waals surface area contributed by atoms with Crippen molar-refractivity contribution in [3.05, 3.63) is 71.8 Å². The lowest BCUT2D eigenvalue weighted by Crippen LogP contribution is -2.51. The van der Waals surface area contributed by atoms with Crippen molar-refractivity contribution in [1.82, 2.24) is 10.6 Å². The molecule has 0 bridgehead atoms. The average Bonchev–Trinajstić information content (AvgIpc) is 2.55. The summed E-state index contributed by atoms with van der Waals surface area (Å²) in [5.41, 5.74) is 2.42. The molecule has 0 fully saturated rings. The first-order valence-electron chi connectivity index (χ1n) is 7.88. The molecule has 2 rings (SSSR count). The highest BCUT2D eigenvalue weighted by molar-refractivity contribution is 5.19. The van der Waals surface area contributed by atoms with Gasteiger partial charge in [-0.2, -0.15) is 0 Å². The number of benzene rings is 2. The van der Waals surface area contributed by atoms with Crippen molar-refractivity contribution >= 4 is 0 Å². The molecule has 3 nitrogen and oxygen atoms in total. The molecule has 3 atom stereocenters. The second-order valence-electron chi connectivity index (χ2n) is 5.82. The van der Waals surface area contributed by atoms with E-state index in [-0.39, 0.29) is 18.2 Å². The van der Waals surface area contributed by atoms with Crippen molar-refractivity contribution in [3.63, 3.8) is 0 Å².